The van der Waals surface area contributed by atoms with Crippen LogP contribution in [0.1, 0.15) is 24.0 Å². The molecule has 0 aliphatic carbocycles. The fraction of sp³-hybridized carbons (Fsp3) is 0.407. The van der Waals surface area contributed by atoms with Gasteiger partial charge in [0.25, 0.3) is 0 Å². The first kappa shape index (κ1) is 24.1. The molecule has 0 aromatic heterocycles. The molecule has 2 amide bonds. The molecule has 2 saturated heterocycles. The van der Waals surface area contributed by atoms with Gasteiger partial charge in [0.1, 0.15) is 12.6 Å². The van der Waals surface area contributed by atoms with Gasteiger partial charge in [-0.3, -0.25) is 14.5 Å². The molecule has 188 valence electrons. The number of piperazine rings is 1. The molecule has 0 spiro atoms. The van der Waals surface area contributed by atoms with Crippen molar-refractivity contribution in [2.24, 2.45) is 9.98 Å². The lowest BCUT2D eigenvalue weighted by atomic mass is 10.0. The minimum atomic E-state index is -0.659. The lowest BCUT2D eigenvalue weighted by Gasteiger charge is -2.38. The van der Waals surface area contributed by atoms with Crippen molar-refractivity contribution in [2.45, 2.75) is 38.1 Å². The quantitative estimate of drug-likeness (QED) is 0.453. The molecule has 2 aromatic carbocycles. The minimum absolute atomic E-state index is 0.173. The zero-order chi connectivity index (χ0) is 24.9. The lowest BCUT2D eigenvalue weighted by Crippen LogP contribution is -2.64. The summed E-state index contributed by atoms with van der Waals surface area (Å²) in [6.45, 7) is 4.27. The fourth-order valence-corrected chi connectivity index (χ4v) is 4.79. The van der Waals surface area contributed by atoms with Crippen molar-refractivity contribution < 1.29 is 19.1 Å². The van der Waals surface area contributed by atoms with Crippen LogP contribution in [0.3, 0.4) is 0 Å². The standard InChI is InChI=1S/C27H31N5O4/c1-35-13-14-36-27-28-16-23-24(30-27)32(26(34)25(33)29-23)18-19-7-9-21(10-8-19)22-6-4-5-20(15-22)17-31-11-2-3-12-31/h4-10,15-16,23-24H,2-3,11-14,17-18H2,1H3,(H,29,33). The normalized spacial score (nSPS) is 21.8. The Hall–Kier alpha value is -3.56. The summed E-state index contributed by atoms with van der Waals surface area (Å²) in [5, 5.41) is 2.66. The molecule has 3 aliphatic rings. The maximum Gasteiger partial charge on any atom is 0.313 e. The molecule has 0 radical (unpaired) electrons. The number of nitrogens with one attached hydrogen (secondary N) is 1. The number of amides is 2. The van der Waals surface area contributed by atoms with Crippen molar-refractivity contribution in [3.8, 4) is 11.1 Å². The Morgan fingerprint density at radius 2 is 1.78 bits per heavy atom. The molecule has 2 unspecified atom stereocenters. The van der Waals surface area contributed by atoms with Crippen molar-refractivity contribution >= 4 is 24.1 Å². The first-order chi connectivity index (χ1) is 17.6. The van der Waals surface area contributed by atoms with Gasteiger partial charge >= 0.3 is 17.8 Å². The predicted molar refractivity (Wildman–Crippen MR) is 136 cm³/mol. The van der Waals surface area contributed by atoms with Gasteiger partial charge in [-0.15, -0.1) is 0 Å². The second-order valence-corrected chi connectivity index (χ2v) is 9.26. The molecular formula is C27H31N5O4. The van der Waals surface area contributed by atoms with Gasteiger partial charge in [-0.25, -0.2) is 9.98 Å². The molecule has 9 nitrogen and oxygen atoms in total. The topological polar surface area (TPSA) is 95.8 Å². The maximum atomic E-state index is 12.8. The van der Waals surface area contributed by atoms with E-state index >= 15 is 0 Å². The molecule has 5 rings (SSSR count). The number of rotatable bonds is 8. The third-order valence-corrected chi connectivity index (χ3v) is 6.67. The Kier molecular flexibility index (Phi) is 7.39. The summed E-state index contributed by atoms with van der Waals surface area (Å²) >= 11 is 0. The smallest absolute Gasteiger partial charge is 0.313 e. The van der Waals surface area contributed by atoms with Crippen molar-refractivity contribution in [3.63, 3.8) is 0 Å². The molecule has 1 N–H and O–H groups in total. The largest absolute Gasteiger partial charge is 0.461 e. The second kappa shape index (κ2) is 11.0. The number of benzene rings is 2. The summed E-state index contributed by atoms with van der Waals surface area (Å²) < 4.78 is 10.5. The van der Waals surface area contributed by atoms with Crippen molar-refractivity contribution in [3.05, 3.63) is 59.7 Å². The highest BCUT2D eigenvalue weighted by Crippen LogP contribution is 2.24. The molecule has 3 heterocycles. The van der Waals surface area contributed by atoms with Crippen LogP contribution in [0.15, 0.2) is 58.5 Å². The second-order valence-electron chi connectivity index (χ2n) is 9.26. The van der Waals surface area contributed by atoms with Crippen LogP contribution < -0.4 is 5.32 Å². The van der Waals surface area contributed by atoms with Crippen LogP contribution in [0.2, 0.25) is 0 Å². The third-order valence-electron chi connectivity index (χ3n) is 6.67. The highest BCUT2D eigenvalue weighted by molar-refractivity contribution is 6.36. The summed E-state index contributed by atoms with van der Waals surface area (Å²) in [4.78, 5) is 37.6. The van der Waals surface area contributed by atoms with Crippen LogP contribution in [0.5, 0.6) is 0 Å². The highest BCUT2D eigenvalue weighted by atomic mass is 16.5. The Labute approximate surface area is 210 Å². The minimum Gasteiger partial charge on any atom is -0.461 e. The van der Waals surface area contributed by atoms with E-state index in [1.807, 2.05) is 12.1 Å². The van der Waals surface area contributed by atoms with Gasteiger partial charge in [0.2, 0.25) is 0 Å². The van der Waals surface area contributed by atoms with Crippen LogP contribution in [0.25, 0.3) is 11.1 Å². The van der Waals surface area contributed by atoms with E-state index in [-0.39, 0.29) is 12.6 Å². The number of ether oxygens (including phenoxy) is 2. The zero-order valence-electron chi connectivity index (χ0n) is 20.4. The predicted octanol–water partition coefficient (Wildman–Crippen LogP) is 2.21. The lowest BCUT2D eigenvalue weighted by molar-refractivity contribution is -0.151. The molecule has 0 saturated carbocycles. The van der Waals surface area contributed by atoms with Crippen molar-refractivity contribution in [1.29, 1.82) is 0 Å². The van der Waals surface area contributed by atoms with Gasteiger partial charge in [0, 0.05) is 26.4 Å². The maximum absolute atomic E-state index is 12.8. The number of fused-ring (bicyclic) bond motifs is 1. The number of nitrogens with zero attached hydrogens (tertiary/aromatic N) is 4. The number of hydrogen-bond donors (Lipinski definition) is 1. The van der Waals surface area contributed by atoms with Crippen LogP contribution in [-0.4, -0.2) is 79.5 Å². The van der Waals surface area contributed by atoms with Crippen molar-refractivity contribution in [2.75, 3.05) is 33.4 Å². The Morgan fingerprint density at radius 1 is 0.972 bits per heavy atom. The van der Waals surface area contributed by atoms with E-state index in [0.29, 0.717) is 13.2 Å². The van der Waals surface area contributed by atoms with E-state index < -0.39 is 24.0 Å². The molecule has 9 heteroatoms. The summed E-state index contributed by atoms with van der Waals surface area (Å²) in [7, 11) is 1.58. The molecule has 2 aromatic rings. The Bertz CT molecular complexity index is 1160. The number of carbonyl (C=O) groups excluding carboxylic acids is 2. The van der Waals surface area contributed by atoms with Crippen molar-refractivity contribution in [1.82, 2.24) is 15.1 Å². The van der Waals surface area contributed by atoms with E-state index in [1.165, 1.54) is 36.4 Å². The Balaban J connectivity index is 1.29. The fourth-order valence-electron chi connectivity index (χ4n) is 4.79. The SMILES string of the molecule is COCCOC1=NC2C(C=N1)NC(=O)C(=O)N2Cc1ccc(-c2cccc(CN3CCCC3)c2)cc1. The number of likely N-dealkylation sites (tertiary alicyclic amines) is 1. The summed E-state index contributed by atoms with van der Waals surface area (Å²) in [6.07, 6.45) is 3.51. The van der Waals surface area contributed by atoms with Gasteiger partial charge in [0.15, 0.2) is 6.17 Å². The molecular weight excluding hydrogens is 458 g/mol. The molecule has 2 atom stereocenters. The van der Waals surface area contributed by atoms with Gasteiger partial charge in [-0.2, -0.15) is 0 Å². The first-order valence-electron chi connectivity index (χ1n) is 12.4. The molecule has 3 aliphatic heterocycles. The van der Waals surface area contributed by atoms with Crippen LogP contribution >= 0.6 is 0 Å². The summed E-state index contributed by atoms with van der Waals surface area (Å²) in [5.41, 5.74) is 4.50. The number of methoxy groups -OCH3 is 1. The van der Waals surface area contributed by atoms with Crippen LogP contribution in [0.4, 0.5) is 0 Å². The van der Waals surface area contributed by atoms with Gasteiger partial charge in [0.05, 0.1) is 6.61 Å². The third kappa shape index (κ3) is 5.47. The monoisotopic (exact) mass is 489 g/mol. The van der Waals surface area contributed by atoms with E-state index in [9.17, 15) is 9.59 Å². The molecule has 36 heavy (non-hydrogen) atoms. The van der Waals surface area contributed by atoms with E-state index in [4.69, 9.17) is 9.47 Å². The summed E-state index contributed by atoms with van der Waals surface area (Å²) in [6, 6.07) is 16.4. The van der Waals surface area contributed by atoms with Gasteiger partial charge < -0.3 is 19.7 Å². The average Bonchev–Trinajstić information content (AvgIpc) is 3.41. The van der Waals surface area contributed by atoms with Crippen LogP contribution in [-0.2, 0) is 32.2 Å². The highest BCUT2D eigenvalue weighted by Gasteiger charge is 2.41. The van der Waals surface area contributed by atoms with E-state index in [2.05, 4.69) is 56.6 Å². The van der Waals surface area contributed by atoms with E-state index in [0.717, 1.165) is 23.2 Å². The molecule has 2 fully saturated rings. The number of amidine groups is 1. The van der Waals surface area contributed by atoms with Gasteiger partial charge in [-0.1, -0.05) is 42.5 Å². The Morgan fingerprint density at radius 3 is 2.56 bits per heavy atom. The number of hydrogen-bond acceptors (Lipinski definition) is 7. The number of carbonyl (C=O) groups is 2. The number of aliphatic imine (C=N–C) groups is 2. The first-order valence-corrected chi connectivity index (χ1v) is 12.4. The van der Waals surface area contributed by atoms with Gasteiger partial charge in [-0.05, 0) is 54.3 Å². The summed E-state index contributed by atoms with van der Waals surface area (Å²) in [5.74, 6) is -1.28. The van der Waals surface area contributed by atoms with Crippen LogP contribution in [0, 0.1) is 0 Å². The average molecular weight is 490 g/mol. The molecule has 0 bridgehead atoms. The zero-order valence-corrected chi connectivity index (χ0v) is 20.4. The van der Waals surface area contributed by atoms with E-state index in [1.54, 1.807) is 13.3 Å².